The summed E-state index contributed by atoms with van der Waals surface area (Å²) in [6.45, 7) is 3.47. The van der Waals surface area contributed by atoms with Gasteiger partial charge in [0.25, 0.3) is 0 Å². The van der Waals surface area contributed by atoms with Crippen LogP contribution in [0.5, 0.6) is 0 Å². The van der Waals surface area contributed by atoms with E-state index in [4.69, 9.17) is 0 Å². The van der Waals surface area contributed by atoms with Gasteiger partial charge in [0.15, 0.2) is 0 Å². The minimum atomic E-state index is -0.927. The Labute approximate surface area is 189 Å². The van der Waals surface area contributed by atoms with Crippen molar-refractivity contribution in [3.63, 3.8) is 0 Å². The molecule has 1 amide bonds. The maximum absolute atomic E-state index is 13.8. The maximum Gasteiger partial charge on any atom is 0.315 e. The number of hydrogen-bond acceptors (Lipinski definition) is 2. The zero-order chi connectivity index (χ0) is 22.6. The Bertz CT molecular complexity index is 1090. The molecule has 1 heterocycles. The summed E-state index contributed by atoms with van der Waals surface area (Å²) in [6.07, 6.45) is 1.50. The van der Waals surface area contributed by atoms with Gasteiger partial charge in [-0.15, -0.1) is 0 Å². The number of amides is 1. The van der Waals surface area contributed by atoms with Crippen molar-refractivity contribution in [1.82, 2.24) is 0 Å². The maximum atomic E-state index is 13.8. The van der Waals surface area contributed by atoms with Crippen LogP contribution in [0.3, 0.4) is 0 Å². The molecule has 0 radical (unpaired) electrons. The molecular weight excluding hydrogens is 398 g/mol. The summed E-state index contributed by atoms with van der Waals surface area (Å²) in [4.78, 5) is 25.1. The second kappa shape index (κ2) is 9.49. The first-order valence-corrected chi connectivity index (χ1v) is 11.3. The number of fused-ring (bicyclic) bond motifs is 1. The molecule has 1 aliphatic heterocycles. The Morgan fingerprint density at radius 1 is 0.906 bits per heavy atom. The molecule has 1 aliphatic rings. The Morgan fingerprint density at radius 2 is 1.59 bits per heavy atom. The number of benzene rings is 3. The van der Waals surface area contributed by atoms with Crippen molar-refractivity contribution >= 4 is 11.9 Å². The lowest BCUT2D eigenvalue weighted by Crippen LogP contribution is -2.59. The summed E-state index contributed by atoms with van der Waals surface area (Å²) in [5.74, 6) is -0.909. The SMILES string of the molecule is Cc1cccc2c1CC[N+](CCc1ccccc1)(C(=O)CCC(=O)O)C2c1ccccc1. The fraction of sp³-hybridized carbons (Fsp3) is 0.286. The average molecular weight is 429 g/mol. The van der Waals surface area contributed by atoms with E-state index in [0.717, 1.165) is 18.4 Å². The molecule has 4 heteroatoms. The first-order chi connectivity index (χ1) is 15.5. The first kappa shape index (κ1) is 22.0. The fourth-order valence-corrected chi connectivity index (χ4v) is 5.17. The molecule has 1 N–H and O–H groups in total. The summed E-state index contributed by atoms with van der Waals surface area (Å²) >= 11 is 0. The number of aliphatic carboxylic acids is 1. The highest BCUT2D eigenvalue weighted by Crippen LogP contribution is 2.43. The van der Waals surface area contributed by atoms with Gasteiger partial charge >= 0.3 is 11.9 Å². The molecule has 0 aromatic heterocycles. The van der Waals surface area contributed by atoms with Crippen molar-refractivity contribution in [1.29, 1.82) is 0 Å². The molecule has 164 valence electrons. The molecule has 0 fully saturated rings. The Balaban J connectivity index is 1.83. The van der Waals surface area contributed by atoms with Gasteiger partial charge in [-0.05, 0) is 23.6 Å². The second-order valence-electron chi connectivity index (χ2n) is 8.71. The molecule has 2 atom stereocenters. The lowest BCUT2D eigenvalue weighted by Gasteiger charge is -2.47. The third kappa shape index (κ3) is 4.37. The number of quaternary nitrogens is 1. The molecule has 0 spiro atoms. The van der Waals surface area contributed by atoms with E-state index in [9.17, 15) is 14.7 Å². The molecule has 3 aromatic carbocycles. The molecule has 0 aliphatic carbocycles. The Hall–Kier alpha value is -3.24. The van der Waals surface area contributed by atoms with Crippen molar-refractivity contribution < 1.29 is 19.2 Å². The van der Waals surface area contributed by atoms with Gasteiger partial charge in [-0.25, -0.2) is 4.79 Å². The van der Waals surface area contributed by atoms with E-state index >= 15 is 0 Å². The van der Waals surface area contributed by atoms with Gasteiger partial charge in [0.2, 0.25) is 0 Å². The largest absolute Gasteiger partial charge is 0.481 e. The molecule has 4 rings (SSSR count). The number of aryl methyl sites for hydroxylation is 1. The molecule has 0 saturated heterocycles. The minimum absolute atomic E-state index is 0.0179. The molecule has 0 bridgehead atoms. The normalized spacial score (nSPS) is 19.8. The smallest absolute Gasteiger partial charge is 0.315 e. The van der Waals surface area contributed by atoms with Crippen LogP contribution in [0.25, 0.3) is 0 Å². The van der Waals surface area contributed by atoms with Crippen LogP contribution in [0.2, 0.25) is 0 Å². The summed E-state index contributed by atoms with van der Waals surface area (Å²) < 4.78 is 0.267. The van der Waals surface area contributed by atoms with Crippen LogP contribution in [0.4, 0.5) is 0 Å². The Morgan fingerprint density at radius 3 is 2.28 bits per heavy atom. The number of carbonyl (C=O) groups is 2. The highest BCUT2D eigenvalue weighted by Gasteiger charge is 2.48. The lowest BCUT2D eigenvalue weighted by molar-refractivity contribution is -0.882. The number of rotatable bonds is 7. The van der Waals surface area contributed by atoms with Crippen LogP contribution in [0, 0.1) is 6.92 Å². The molecule has 2 unspecified atom stereocenters. The van der Waals surface area contributed by atoms with E-state index in [1.165, 1.54) is 22.3 Å². The molecule has 32 heavy (non-hydrogen) atoms. The summed E-state index contributed by atoms with van der Waals surface area (Å²) in [5.41, 5.74) is 6.07. The third-order valence-corrected chi connectivity index (χ3v) is 6.80. The number of carboxylic acid groups (broad SMARTS) is 1. The zero-order valence-corrected chi connectivity index (χ0v) is 18.5. The summed E-state index contributed by atoms with van der Waals surface area (Å²) in [7, 11) is 0. The quantitative estimate of drug-likeness (QED) is 0.533. The van der Waals surface area contributed by atoms with Crippen molar-refractivity contribution in [2.75, 3.05) is 13.1 Å². The van der Waals surface area contributed by atoms with E-state index in [-0.39, 0.29) is 29.3 Å². The van der Waals surface area contributed by atoms with Crippen LogP contribution in [0.1, 0.15) is 46.7 Å². The number of nitrogens with zero attached hydrogens (tertiary/aromatic N) is 1. The van der Waals surface area contributed by atoms with Gasteiger partial charge in [0, 0.05) is 24.0 Å². The van der Waals surface area contributed by atoms with E-state index in [1.54, 1.807) is 0 Å². The summed E-state index contributed by atoms with van der Waals surface area (Å²) in [6, 6.07) is 26.7. The minimum Gasteiger partial charge on any atom is -0.481 e. The monoisotopic (exact) mass is 428 g/mol. The van der Waals surface area contributed by atoms with E-state index in [1.807, 2.05) is 36.4 Å². The third-order valence-electron chi connectivity index (χ3n) is 6.80. The Kier molecular flexibility index (Phi) is 6.52. The highest BCUT2D eigenvalue weighted by atomic mass is 16.4. The molecule has 0 saturated carbocycles. The zero-order valence-electron chi connectivity index (χ0n) is 18.5. The molecule has 4 nitrogen and oxygen atoms in total. The number of hydrogen-bond donors (Lipinski definition) is 1. The van der Waals surface area contributed by atoms with Gasteiger partial charge in [-0.1, -0.05) is 78.9 Å². The average Bonchev–Trinajstić information content (AvgIpc) is 2.82. The predicted octanol–water partition coefficient (Wildman–Crippen LogP) is 5.09. The van der Waals surface area contributed by atoms with Crippen molar-refractivity contribution in [2.24, 2.45) is 0 Å². The number of carbonyl (C=O) groups excluding carboxylic acids is 1. The van der Waals surface area contributed by atoms with Crippen LogP contribution < -0.4 is 0 Å². The van der Waals surface area contributed by atoms with Gasteiger partial charge in [-0.3, -0.25) is 9.28 Å². The topological polar surface area (TPSA) is 54.4 Å². The highest BCUT2D eigenvalue weighted by molar-refractivity contribution is 5.77. The lowest BCUT2D eigenvalue weighted by atomic mass is 9.83. The molecular formula is C28H30NO3+. The van der Waals surface area contributed by atoms with Crippen LogP contribution in [-0.2, 0) is 22.4 Å². The molecule has 3 aromatic rings. The van der Waals surface area contributed by atoms with Crippen molar-refractivity contribution in [2.45, 2.75) is 38.6 Å². The van der Waals surface area contributed by atoms with Crippen LogP contribution >= 0.6 is 0 Å². The van der Waals surface area contributed by atoms with Gasteiger partial charge in [-0.2, -0.15) is 0 Å². The second-order valence-corrected chi connectivity index (χ2v) is 8.71. The fourth-order valence-electron chi connectivity index (χ4n) is 5.17. The van der Waals surface area contributed by atoms with Crippen molar-refractivity contribution in [3.05, 3.63) is 107 Å². The van der Waals surface area contributed by atoms with Gasteiger partial charge in [0.05, 0.1) is 25.9 Å². The van der Waals surface area contributed by atoms with Crippen LogP contribution in [-0.4, -0.2) is 34.6 Å². The van der Waals surface area contributed by atoms with Crippen LogP contribution in [0.15, 0.2) is 78.9 Å². The number of carboxylic acids is 1. The van der Waals surface area contributed by atoms with Gasteiger partial charge in [0.1, 0.15) is 6.04 Å². The van der Waals surface area contributed by atoms with E-state index < -0.39 is 5.97 Å². The van der Waals surface area contributed by atoms with Crippen molar-refractivity contribution in [3.8, 4) is 0 Å². The summed E-state index contributed by atoms with van der Waals surface area (Å²) in [5, 5.41) is 9.27. The first-order valence-electron chi connectivity index (χ1n) is 11.3. The standard InChI is InChI=1S/C28H29NO3/c1-21-9-8-14-25-24(21)18-20-29(26(30)15-16-27(31)32,19-17-22-10-4-2-5-11-22)28(25)23-12-6-3-7-13-23/h2-14,28H,15-20H2,1H3/p+1. The van der Waals surface area contributed by atoms with E-state index in [0.29, 0.717) is 13.1 Å². The predicted molar refractivity (Wildman–Crippen MR) is 125 cm³/mol. The van der Waals surface area contributed by atoms with Gasteiger partial charge < -0.3 is 5.11 Å². The van der Waals surface area contributed by atoms with E-state index in [2.05, 4.69) is 49.4 Å².